The van der Waals surface area contributed by atoms with Crippen LogP contribution in [0, 0.1) is 0 Å². The summed E-state index contributed by atoms with van der Waals surface area (Å²) in [7, 11) is 0. The average Bonchev–Trinajstić information content (AvgIpc) is 2.68. The molecule has 58 valence electrons. The van der Waals surface area contributed by atoms with Gasteiger partial charge in [-0.3, -0.25) is 0 Å². The van der Waals surface area contributed by atoms with Gasteiger partial charge in [-0.1, -0.05) is 11.7 Å². The summed E-state index contributed by atoms with van der Waals surface area (Å²) in [4.78, 5) is 4.19. The van der Waals surface area contributed by atoms with E-state index in [4.69, 9.17) is 4.52 Å². The molecule has 1 aliphatic rings. The van der Waals surface area contributed by atoms with Crippen molar-refractivity contribution in [2.75, 3.05) is 0 Å². The lowest BCUT2D eigenvalue weighted by Gasteiger charge is -1.83. The minimum Gasteiger partial charge on any atom is -0.339 e. The highest BCUT2D eigenvalue weighted by Gasteiger charge is 2.29. The molecule has 1 aromatic rings. The molecule has 1 aromatic heterocycles. The third-order valence-electron chi connectivity index (χ3n) is 1.75. The van der Waals surface area contributed by atoms with Crippen molar-refractivity contribution >= 4 is 5.57 Å². The summed E-state index contributed by atoms with van der Waals surface area (Å²) in [6.45, 7) is 5.61. The first-order valence-electron chi connectivity index (χ1n) is 3.77. The van der Waals surface area contributed by atoms with Crippen LogP contribution in [0.5, 0.6) is 0 Å². The Kier molecular flexibility index (Phi) is 1.31. The minimum atomic E-state index is 0.538. The summed E-state index contributed by atoms with van der Waals surface area (Å²) in [5.74, 6) is 1.96. The molecule has 0 spiro atoms. The molecule has 0 unspecified atom stereocenters. The molecule has 2 rings (SSSR count). The van der Waals surface area contributed by atoms with Crippen LogP contribution in [-0.4, -0.2) is 10.1 Å². The van der Waals surface area contributed by atoms with Crippen molar-refractivity contribution in [2.45, 2.75) is 25.7 Å². The van der Waals surface area contributed by atoms with Gasteiger partial charge in [0.1, 0.15) is 0 Å². The fourth-order valence-electron chi connectivity index (χ4n) is 0.905. The minimum absolute atomic E-state index is 0.538. The van der Waals surface area contributed by atoms with E-state index in [2.05, 4.69) is 16.7 Å². The van der Waals surface area contributed by atoms with Gasteiger partial charge in [0.15, 0.2) is 5.82 Å². The van der Waals surface area contributed by atoms with Crippen LogP contribution >= 0.6 is 0 Å². The van der Waals surface area contributed by atoms with Crippen molar-refractivity contribution in [3.05, 3.63) is 18.3 Å². The van der Waals surface area contributed by atoms with E-state index in [0.717, 1.165) is 11.5 Å². The Bertz CT molecular complexity index is 286. The number of allylic oxidation sites excluding steroid dienone is 1. The van der Waals surface area contributed by atoms with Gasteiger partial charge in [-0.05, 0) is 25.3 Å². The molecular formula is C8H10N2O. The molecule has 1 aliphatic carbocycles. The highest BCUT2D eigenvalue weighted by atomic mass is 16.5. The second-order valence-corrected chi connectivity index (χ2v) is 3.01. The molecule has 0 atom stereocenters. The predicted molar refractivity (Wildman–Crippen MR) is 41.0 cm³/mol. The summed E-state index contributed by atoms with van der Waals surface area (Å²) >= 11 is 0. The Morgan fingerprint density at radius 2 is 2.36 bits per heavy atom. The van der Waals surface area contributed by atoms with Crippen molar-refractivity contribution in [1.82, 2.24) is 10.1 Å². The zero-order chi connectivity index (χ0) is 7.84. The second-order valence-electron chi connectivity index (χ2n) is 3.01. The third kappa shape index (κ3) is 1.18. The molecule has 3 nitrogen and oxygen atoms in total. The van der Waals surface area contributed by atoms with E-state index in [1.54, 1.807) is 0 Å². The highest BCUT2D eigenvalue weighted by molar-refractivity contribution is 5.53. The average molecular weight is 150 g/mol. The second kappa shape index (κ2) is 2.19. The molecule has 0 amide bonds. The molecule has 0 N–H and O–H groups in total. The first-order valence-corrected chi connectivity index (χ1v) is 3.77. The van der Waals surface area contributed by atoms with Crippen molar-refractivity contribution in [2.24, 2.45) is 0 Å². The number of rotatable bonds is 2. The fraction of sp³-hybridized carbons (Fsp3) is 0.500. The monoisotopic (exact) mass is 150 g/mol. The molecule has 1 heterocycles. The maximum absolute atomic E-state index is 5.03. The summed E-state index contributed by atoms with van der Waals surface area (Å²) in [6.07, 6.45) is 2.38. The van der Waals surface area contributed by atoms with Crippen LogP contribution < -0.4 is 0 Å². The SMILES string of the molecule is C=C(C)c1noc(C2CC2)n1. The quantitative estimate of drug-likeness (QED) is 0.647. The van der Waals surface area contributed by atoms with Gasteiger partial charge in [-0.2, -0.15) is 4.98 Å². The lowest BCUT2D eigenvalue weighted by atomic mass is 10.3. The molecule has 11 heavy (non-hydrogen) atoms. The van der Waals surface area contributed by atoms with Crippen LogP contribution in [0.25, 0.3) is 5.57 Å². The van der Waals surface area contributed by atoms with E-state index in [0.29, 0.717) is 11.7 Å². The van der Waals surface area contributed by atoms with Gasteiger partial charge >= 0.3 is 0 Å². The first kappa shape index (κ1) is 6.58. The van der Waals surface area contributed by atoms with Gasteiger partial charge in [0.25, 0.3) is 0 Å². The molecule has 0 aliphatic heterocycles. The van der Waals surface area contributed by atoms with Gasteiger partial charge in [0, 0.05) is 5.92 Å². The molecule has 1 fully saturated rings. The van der Waals surface area contributed by atoms with Crippen LogP contribution in [0.4, 0.5) is 0 Å². The normalized spacial score (nSPS) is 16.8. The molecule has 0 radical (unpaired) electrons. The maximum atomic E-state index is 5.03. The lowest BCUT2D eigenvalue weighted by Crippen LogP contribution is -1.81. The molecule has 0 saturated heterocycles. The number of hydrogen-bond acceptors (Lipinski definition) is 3. The maximum Gasteiger partial charge on any atom is 0.230 e. The van der Waals surface area contributed by atoms with Gasteiger partial charge in [0.2, 0.25) is 5.89 Å². The zero-order valence-corrected chi connectivity index (χ0v) is 6.50. The number of nitrogens with zero attached hydrogens (tertiary/aromatic N) is 2. The van der Waals surface area contributed by atoms with E-state index in [9.17, 15) is 0 Å². The first-order chi connectivity index (χ1) is 5.27. The topological polar surface area (TPSA) is 38.9 Å². The molecule has 0 aromatic carbocycles. The predicted octanol–water partition coefficient (Wildman–Crippen LogP) is 1.98. The van der Waals surface area contributed by atoms with Crippen LogP contribution in [0.15, 0.2) is 11.1 Å². The van der Waals surface area contributed by atoms with Crippen molar-refractivity contribution in [1.29, 1.82) is 0 Å². The van der Waals surface area contributed by atoms with E-state index in [1.807, 2.05) is 6.92 Å². The van der Waals surface area contributed by atoms with Crippen LogP contribution in [0.2, 0.25) is 0 Å². The lowest BCUT2D eigenvalue weighted by molar-refractivity contribution is 0.377. The van der Waals surface area contributed by atoms with Crippen molar-refractivity contribution in [3.8, 4) is 0 Å². The van der Waals surface area contributed by atoms with Crippen LogP contribution in [0.1, 0.15) is 37.4 Å². The smallest absolute Gasteiger partial charge is 0.230 e. The summed E-state index contributed by atoms with van der Waals surface area (Å²) in [6, 6.07) is 0. The van der Waals surface area contributed by atoms with Crippen molar-refractivity contribution < 1.29 is 4.52 Å². The molecular weight excluding hydrogens is 140 g/mol. The summed E-state index contributed by atoms with van der Waals surface area (Å²) < 4.78 is 5.03. The molecule has 3 heteroatoms. The third-order valence-corrected chi connectivity index (χ3v) is 1.75. The molecule has 1 saturated carbocycles. The van der Waals surface area contributed by atoms with E-state index in [1.165, 1.54) is 12.8 Å². The largest absolute Gasteiger partial charge is 0.339 e. The summed E-state index contributed by atoms with van der Waals surface area (Å²) in [5, 5.41) is 3.79. The van der Waals surface area contributed by atoms with E-state index < -0.39 is 0 Å². The Balaban J connectivity index is 2.25. The van der Waals surface area contributed by atoms with Gasteiger partial charge in [0.05, 0.1) is 0 Å². The van der Waals surface area contributed by atoms with Gasteiger partial charge in [-0.15, -0.1) is 0 Å². The number of hydrogen-bond donors (Lipinski definition) is 0. The van der Waals surface area contributed by atoms with Crippen LogP contribution in [-0.2, 0) is 0 Å². The number of aromatic nitrogens is 2. The van der Waals surface area contributed by atoms with Crippen molar-refractivity contribution in [3.63, 3.8) is 0 Å². The Morgan fingerprint density at radius 3 is 2.82 bits per heavy atom. The Labute approximate surface area is 65.1 Å². The Morgan fingerprint density at radius 1 is 1.64 bits per heavy atom. The highest BCUT2D eigenvalue weighted by Crippen LogP contribution is 2.39. The van der Waals surface area contributed by atoms with E-state index in [-0.39, 0.29) is 0 Å². The van der Waals surface area contributed by atoms with Gasteiger partial charge in [-0.25, -0.2) is 0 Å². The fourth-order valence-corrected chi connectivity index (χ4v) is 0.905. The Hall–Kier alpha value is -1.12. The van der Waals surface area contributed by atoms with E-state index >= 15 is 0 Å². The zero-order valence-electron chi connectivity index (χ0n) is 6.50. The van der Waals surface area contributed by atoms with Crippen LogP contribution in [0.3, 0.4) is 0 Å². The standard InChI is InChI=1S/C8H10N2O/c1-5(2)7-9-8(11-10-7)6-3-4-6/h6H,1,3-4H2,2H3. The summed E-state index contributed by atoms with van der Waals surface area (Å²) in [5.41, 5.74) is 0.862. The van der Waals surface area contributed by atoms with Gasteiger partial charge < -0.3 is 4.52 Å². The molecule has 0 bridgehead atoms.